The Hall–Kier alpha value is -3.19. The molecule has 0 aromatic heterocycles. The minimum Gasteiger partial charge on any atom is -0.480 e. The van der Waals surface area contributed by atoms with E-state index in [1.54, 1.807) is 24.3 Å². The number of benzene rings is 2. The third-order valence-corrected chi connectivity index (χ3v) is 12.7. The molecule has 17 nitrogen and oxygen atoms in total. The number of hydrogen-bond donors (Lipinski definition) is 5. The van der Waals surface area contributed by atoms with E-state index in [0.717, 1.165) is 0 Å². The highest BCUT2D eigenvalue weighted by Crippen LogP contribution is 2.54. The summed E-state index contributed by atoms with van der Waals surface area (Å²) in [6.45, 7) is -0.478. The van der Waals surface area contributed by atoms with E-state index in [0.29, 0.717) is 0 Å². The number of alkyl halides is 4. The van der Waals surface area contributed by atoms with Crippen molar-refractivity contribution in [2.45, 2.75) is 31.0 Å². The fourth-order valence-corrected chi connectivity index (χ4v) is 10.1. The lowest BCUT2D eigenvalue weighted by molar-refractivity contribution is -0.142. The zero-order valence-electron chi connectivity index (χ0n) is 29.9. The summed E-state index contributed by atoms with van der Waals surface area (Å²) in [7, 11) is -8.41. The average molecular weight is 908 g/mol. The quantitative estimate of drug-likeness (QED) is 0.0637. The number of carbonyl (C=O) groups excluding carboxylic acids is 3. The molecule has 0 heterocycles. The Morgan fingerprint density at radius 1 is 0.732 bits per heavy atom. The van der Waals surface area contributed by atoms with E-state index >= 15 is 0 Å². The molecule has 0 aliphatic heterocycles. The molecular weight excluding hydrogens is 863 g/mol. The van der Waals surface area contributed by atoms with Crippen molar-refractivity contribution in [3.8, 4) is 5.75 Å². The van der Waals surface area contributed by atoms with Crippen LogP contribution in [0.4, 0.5) is 4.79 Å². The number of carbonyl (C=O) groups is 5. The molecule has 0 bridgehead atoms. The lowest BCUT2D eigenvalue weighted by Crippen LogP contribution is -2.52. The van der Waals surface area contributed by atoms with Gasteiger partial charge in [-0.2, -0.15) is 0 Å². The van der Waals surface area contributed by atoms with Crippen LogP contribution in [0.1, 0.15) is 24.4 Å². The average Bonchev–Trinajstić information content (AvgIpc) is 3.15. The Morgan fingerprint density at radius 2 is 1.25 bits per heavy atom. The standard InChI is InChI=1S/C33H44Cl4N5O12PS/c34-13-17-41(18-14-35)55(50,42(19-15-36)20-16-37)53-21-22-56(51,52)23-27(30(44)40-29(32(47)48)24-7-3-1-4-8-24)38-28(43)12-11-26(31(45)46)39-33(49)54-25-9-5-2-6-10-25/h1-10,26-27,29H,11-23H2,(H,38,43)(H,39,49)(H,40,44)(H,45,46)(H,47,48)/t26-,27-,29+/m0/s1. The lowest BCUT2D eigenvalue weighted by atomic mass is 10.1. The van der Waals surface area contributed by atoms with E-state index in [-0.39, 0.29) is 61.0 Å². The summed E-state index contributed by atoms with van der Waals surface area (Å²) in [5.74, 6) is -6.90. The van der Waals surface area contributed by atoms with Gasteiger partial charge in [0.15, 0.2) is 15.9 Å². The Morgan fingerprint density at radius 3 is 1.73 bits per heavy atom. The summed E-state index contributed by atoms with van der Waals surface area (Å²) in [4.78, 5) is 63.0. The van der Waals surface area contributed by atoms with Crippen LogP contribution >= 0.6 is 54.1 Å². The number of carboxylic acid groups (broad SMARTS) is 2. The van der Waals surface area contributed by atoms with E-state index < -0.39 is 96.4 Å². The number of halogens is 4. The largest absolute Gasteiger partial charge is 0.480 e. The fourth-order valence-electron chi connectivity index (χ4n) is 5.01. The van der Waals surface area contributed by atoms with E-state index in [9.17, 15) is 47.2 Å². The highest BCUT2D eigenvalue weighted by Gasteiger charge is 2.39. The highest BCUT2D eigenvalue weighted by molar-refractivity contribution is 7.91. The van der Waals surface area contributed by atoms with E-state index in [4.69, 9.17) is 55.7 Å². The molecule has 0 saturated carbocycles. The first kappa shape index (κ1) is 49.0. The number of aliphatic carboxylic acids is 2. The van der Waals surface area contributed by atoms with Crippen LogP contribution in [0.3, 0.4) is 0 Å². The molecule has 0 unspecified atom stereocenters. The molecule has 2 aromatic carbocycles. The monoisotopic (exact) mass is 905 g/mol. The third-order valence-electron chi connectivity index (χ3n) is 7.68. The number of carboxylic acids is 2. The van der Waals surface area contributed by atoms with Gasteiger partial charge in [-0.25, -0.2) is 32.1 Å². The predicted molar refractivity (Wildman–Crippen MR) is 211 cm³/mol. The van der Waals surface area contributed by atoms with Crippen molar-refractivity contribution >= 4 is 93.8 Å². The molecule has 0 spiro atoms. The van der Waals surface area contributed by atoms with Crippen LogP contribution in [-0.4, -0.2) is 138 Å². The van der Waals surface area contributed by atoms with Gasteiger partial charge in [-0.3, -0.25) is 14.2 Å². The SMILES string of the molecule is O=C(CC[C@H](NC(=O)Oc1ccccc1)C(=O)O)N[C@@H](CS(=O)(=O)CCOP(=O)(N(CCCl)CCCl)N(CCCl)CCCl)C(=O)N[C@@H](C(=O)O)c1ccccc1. The molecule has 312 valence electrons. The number of nitrogens with zero attached hydrogens (tertiary/aromatic N) is 2. The van der Waals surface area contributed by atoms with Crippen LogP contribution in [0, 0.1) is 0 Å². The van der Waals surface area contributed by atoms with Gasteiger partial charge in [-0.1, -0.05) is 48.5 Å². The minimum atomic E-state index is -4.38. The van der Waals surface area contributed by atoms with Crippen LogP contribution in [-0.2, 0) is 38.1 Å². The van der Waals surface area contributed by atoms with Crippen LogP contribution in [0.5, 0.6) is 5.75 Å². The van der Waals surface area contributed by atoms with Crippen molar-refractivity contribution < 1.29 is 56.4 Å². The molecule has 23 heteroatoms. The van der Waals surface area contributed by atoms with Crippen molar-refractivity contribution in [1.29, 1.82) is 0 Å². The van der Waals surface area contributed by atoms with Crippen molar-refractivity contribution in [3.05, 3.63) is 66.2 Å². The number of sulfone groups is 1. The number of ether oxygens (including phenoxy) is 1. The van der Waals surface area contributed by atoms with Crippen LogP contribution in [0.15, 0.2) is 60.7 Å². The second kappa shape index (κ2) is 25.2. The van der Waals surface area contributed by atoms with Gasteiger partial charge in [0.2, 0.25) is 11.8 Å². The Balaban J connectivity index is 2.30. The van der Waals surface area contributed by atoms with E-state index in [1.165, 1.54) is 45.7 Å². The molecule has 0 radical (unpaired) electrons. The van der Waals surface area contributed by atoms with Gasteiger partial charge in [-0.15, -0.1) is 46.4 Å². The van der Waals surface area contributed by atoms with Gasteiger partial charge in [0.25, 0.3) is 0 Å². The van der Waals surface area contributed by atoms with Crippen molar-refractivity contribution in [2.75, 3.05) is 67.8 Å². The number of amides is 3. The Kier molecular flexibility index (Phi) is 22.1. The van der Waals surface area contributed by atoms with Gasteiger partial charge < -0.3 is 35.4 Å². The summed E-state index contributed by atoms with van der Waals surface area (Å²) in [5, 5.41) is 26.1. The lowest BCUT2D eigenvalue weighted by Gasteiger charge is -2.37. The van der Waals surface area contributed by atoms with Crippen molar-refractivity contribution in [3.63, 3.8) is 0 Å². The highest BCUT2D eigenvalue weighted by atomic mass is 35.5. The second-order valence-electron chi connectivity index (χ2n) is 11.7. The maximum Gasteiger partial charge on any atom is 0.413 e. The third kappa shape index (κ3) is 16.7. The van der Waals surface area contributed by atoms with Gasteiger partial charge in [0.1, 0.15) is 17.8 Å². The van der Waals surface area contributed by atoms with Crippen molar-refractivity contribution in [2.24, 2.45) is 0 Å². The van der Waals surface area contributed by atoms with Gasteiger partial charge >= 0.3 is 25.7 Å². The smallest absolute Gasteiger partial charge is 0.413 e. The molecule has 0 saturated heterocycles. The molecule has 56 heavy (non-hydrogen) atoms. The molecule has 3 amide bonds. The Bertz CT molecular complexity index is 1700. The maximum atomic E-state index is 14.3. The Labute approximate surface area is 344 Å². The summed E-state index contributed by atoms with van der Waals surface area (Å²) in [6.07, 6.45) is -2.27. The number of para-hydroxylation sites is 1. The molecule has 0 fully saturated rings. The summed E-state index contributed by atoms with van der Waals surface area (Å²) in [6, 6.07) is 10.0. The molecule has 0 aliphatic carbocycles. The number of nitrogens with one attached hydrogen (secondary N) is 3. The first-order chi connectivity index (χ1) is 26.6. The summed E-state index contributed by atoms with van der Waals surface area (Å²) >= 11 is 23.8. The first-order valence-electron chi connectivity index (χ1n) is 16.9. The van der Waals surface area contributed by atoms with E-state index in [1.807, 2.05) is 0 Å². The molecule has 2 rings (SSSR count). The van der Waals surface area contributed by atoms with Crippen molar-refractivity contribution in [1.82, 2.24) is 25.3 Å². The molecule has 5 N–H and O–H groups in total. The number of hydrogen-bond acceptors (Lipinski definition) is 10. The first-order valence-corrected chi connectivity index (χ1v) is 22.4. The van der Waals surface area contributed by atoms with Gasteiger partial charge in [0.05, 0.1) is 18.1 Å². The van der Waals surface area contributed by atoms with E-state index in [2.05, 4.69) is 16.0 Å². The van der Waals surface area contributed by atoms with Crippen LogP contribution < -0.4 is 20.7 Å². The number of rotatable bonds is 27. The van der Waals surface area contributed by atoms with Gasteiger partial charge in [0, 0.05) is 56.1 Å². The molecule has 0 aliphatic rings. The summed E-state index contributed by atoms with van der Waals surface area (Å²) in [5.41, 5.74) is 0.139. The zero-order chi connectivity index (χ0) is 41.7. The second-order valence-corrected chi connectivity index (χ2v) is 17.8. The van der Waals surface area contributed by atoms with Gasteiger partial charge in [-0.05, 0) is 24.1 Å². The molecule has 2 aromatic rings. The fraction of sp³-hybridized carbons (Fsp3) is 0.485. The zero-order valence-corrected chi connectivity index (χ0v) is 34.7. The van der Waals surface area contributed by atoms with Crippen LogP contribution in [0.25, 0.3) is 0 Å². The predicted octanol–water partition coefficient (Wildman–Crippen LogP) is 3.53. The summed E-state index contributed by atoms with van der Waals surface area (Å²) < 4.78 is 54.9. The van der Waals surface area contributed by atoms with Crippen LogP contribution in [0.2, 0.25) is 0 Å². The minimum absolute atomic E-state index is 0.0238. The topological polar surface area (TPSA) is 238 Å². The molecular formula is C33H44Cl4N5O12PS. The maximum absolute atomic E-state index is 14.3. The molecule has 3 atom stereocenters. The normalized spacial score (nSPS) is 13.4.